The highest BCUT2D eigenvalue weighted by molar-refractivity contribution is 8.07. The van der Waals surface area contributed by atoms with Gasteiger partial charge in [0.25, 0.3) is 5.91 Å². The molecule has 1 aromatic carbocycles. The van der Waals surface area contributed by atoms with Crippen LogP contribution in [-0.2, 0) is 4.79 Å². The predicted octanol–water partition coefficient (Wildman–Crippen LogP) is 1.36. The summed E-state index contributed by atoms with van der Waals surface area (Å²) in [5.41, 5.74) is 11.3. The Morgan fingerprint density at radius 3 is 2.42 bits per heavy atom. The summed E-state index contributed by atoms with van der Waals surface area (Å²) in [4.78, 5) is 21.5. The van der Waals surface area contributed by atoms with E-state index in [1.807, 2.05) is 0 Å². The first-order valence-electron chi connectivity index (χ1n) is 5.10. The summed E-state index contributed by atoms with van der Waals surface area (Å²) in [6.07, 6.45) is 0. The van der Waals surface area contributed by atoms with Crippen molar-refractivity contribution in [3.05, 3.63) is 40.4 Å². The van der Waals surface area contributed by atoms with Gasteiger partial charge in [0.1, 0.15) is 0 Å². The molecular formula is C11H9Cl2N3O2S. The lowest BCUT2D eigenvalue weighted by Crippen LogP contribution is -2.45. The summed E-state index contributed by atoms with van der Waals surface area (Å²) in [5.74, 6) is -1.42. The van der Waals surface area contributed by atoms with Gasteiger partial charge in [0.2, 0.25) is 10.9 Å². The lowest BCUT2D eigenvalue weighted by molar-refractivity contribution is -0.119. The second kappa shape index (κ2) is 5.05. The van der Waals surface area contributed by atoms with Crippen LogP contribution in [0.5, 0.6) is 0 Å². The van der Waals surface area contributed by atoms with E-state index >= 15 is 0 Å². The maximum absolute atomic E-state index is 11.4. The lowest BCUT2D eigenvalue weighted by Gasteiger charge is -2.16. The van der Waals surface area contributed by atoms with Crippen LogP contribution in [0, 0.1) is 0 Å². The molecule has 0 spiro atoms. The third-order valence-corrected chi connectivity index (χ3v) is 4.87. The van der Waals surface area contributed by atoms with Crippen molar-refractivity contribution in [3.63, 3.8) is 0 Å². The smallest absolute Gasteiger partial charge is 0.259 e. The van der Waals surface area contributed by atoms with Gasteiger partial charge >= 0.3 is 0 Å². The number of amides is 2. The average molecular weight is 318 g/mol. The molecule has 0 aromatic heterocycles. The minimum Gasteiger partial charge on any atom is -0.367 e. The molecule has 2 rings (SSSR count). The highest BCUT2D eigenvalue weighted by Gasteiger charge is 2.45. The predicted molar refractivity (Wildman–Crippen MR) is 76.2 cm³/mol. The maximum Gasteiger partial charge on any atom is 0.259 e. The van der Waals surface area contributed by atoms with E-state index in [4.69, 9.17) is 34.7 Å². The highest BCUT2D eigenvalue weighted by atomic mass is 35.5. The van der Waals surface area contributed by atoms with Crippen LogP contribution in [0.1, 0.15) is 15.9 Å². The van der Waals surface area contributed by atoms with Crippen molar-refractivity contribution in [2.45, 2.75) is 5.00 Å². The largest absolute Gasteiger partial charge is 0.367 e. The number of benzene rings is 1. The second-order valence-corrected chi connectivity index (χ2v) is 5.54. The van der Waals surface area contributed by atoms with Crippen LogP contribution in [0.15, 0.2) is 29.3 Å². The van der Waals surface area contributed by atoms with Crippen molar-refractivity contribution in [2.75, 3.05) is 0 Å². The molecular weight excluding hydrogens is 309 g/mol. The van der Waals surface area contributed by atoms with E-state index in [-0.39, 0.29) is 10.6 Å². The molecule has 100 valence electrons. The molecule has 19 heavy (non-hydrogen) atoms. The van der Waals surface area contributed by atoms with Gasteiger partial charge in [0.05, 0.1) is 5.03 Å². The Morgan fingerprint density at radius 2 is 1.89 bits per heavy atom. The van der Waals surface area contributed by atoms with E-state index in [9.17, 15) is 9.59 Å². The van der Waals surface area contributed by atoms with Gasteiger partial charge in [-0.1, -0.05) is 41.4 Å². The van der Waals surface area contributed by atoms with E-state index in [0.717, 1.165) is 11.9 Å². The number of alkyl halides is 1. The zero-order valence-electron chi connectivity index (χ0n) is 9.44. The first kappa shape index (κ1) is 14.2. The van der Waals surface area contributed by atoms with Gasteiger partial charge in [0.15, 0.2) is 0 Å². The number of carbonyl (C=O) groups is 2. The minimum atomic E-state index is -1.67. The molecule has 1 aliphatic rings. The van der Waals surface area contributed by atoms with Crippen molar-refractivity contribution in [3.8, 4) is 0 Å². The van der Waals surface area contributed by atoms with Gasteiger partial charge in [-0.05, 0) is 18.0 Å². The Labute approximate surface area is 123 Å². The van der Waals surface area contributed by atoms with Gasteiger partial charge < -0.3 is 11.5 Å². The van der Waals surface area contributed by atoms with Gasteiger partial charge in [-0.3, -0.25) is 9.59 Å². The number of rotatable bonds is 3. The summed E-state index contributed by atoms with van der Waals surface area (Å²) in [7, 11) is 0. The van der Waals surface area contributed by atoms with Gasteiger partial charge in [-0.15, -0.1) is 0 Å². The number of halogens is 2. The zero-order chi connectivity index (χ0) is 14.2. The molecule has 5 N–H and O–H groups in total. The minimum absolute atomic E-state index is 0.0281. The Morgan fingerprint density at radius 1 is 1.26 bits per heavy atom. The SMILES string of the molecule is NC(=O)c1ccccc1C1=C(Cl)C(Cl)(C(N)=O)NS1. The Bertz CT molecular complexity index is 605. The van der Waals surface area contributed by atoms with Crippen molar-refractivity contribution in [2.24, 2.45) is 11.5 Å². The van der Waals surface area contributed by atoms with Crippen LogP contribution >= 0.6 is 35.1 Å². The Hall–Kier alpha value is -1.21. The summed E-state index contributed by atoms with van der Waals surface area (Å²) in [6.45, 7) is 0. The van der Waals surface area contributed by atoms with Crippen molar-refractivity contribution < 1.29 is 9.59 Å². The fourth-order valence-corrected chi connectivity index (χ4v) is 3.25. The van der Waals surface area contributed by atoms with Crippen LogP contribution in [0.4, 0.5) is 0 Å². The van der Waals surface area contributed by atoms with Gasteiger partial charge in [0, 0.05) is 16.0 Å². The van der Waals surface area contributed by atoms with Crippen LogP contribution in [0.25, 0.3) is 4.91 Å². The molecule has 1 heterocycles. The molecule has 0 saturated carbocycles. The molecule has 0 radical (unpaired) electrons. The molecule has 0 fully saturated rings. The number of hydrogen-bond acceptors (Lipinski definition) is 4. The molecule has 0 aliphatic carbocycles. The van der Waals surface area contributed by atoms with Crippen molar-refractivity contribution in [1.29, 1.82) is 0 Å². The molecule has 5 nitrogen and oxygen atoms in total. The first-order valence-corrected chi connectivity index (χ1v) is 6.67. The monoisotopic (exact) mass is 317 g/mol. The van der Waals surface area contributed by atoms with E-state index in [1.165, 1.54) is 0 Å². The summed E-state index contributed by atoms with van der Waals surface area (Å²) in [5, 5.41) is 0.0281. The lowest BCUT2D eigenvalue weighted by atomic mass is 10.1. The van der Waals surface area contributed by atoms with E-state index in [2.05, 4.69) is 4.72 Å². The number of nitrogens with one attached hydrogen (secondary N) is 1. The number of carbonyl (C=O) groups excluding carboxylic acids is 2. The summed E-state index contributed by atoms with van der Waals surface area (Å²) < 4.78 is 2.65. The third kappa shape index (κ3) is 2.32. The van der Waals surface area contributed by atoms with Gasteiger partial charge in [-0.25, -0.2) is 4.72 Å². The third-order valence-electron chi connectivity index (χ3n) is 2.57. The number of nitrogens with two attached hydrogens (primary N) is 2. The molecule has 1 aromatic rings. The van der Waals surface area contributed by atoms with Crippen LogP contribution in [-0.4, -0.2) is 16.8 Å². The molecule has 1 aliphatic heterocycles. The van der Waals surface area contributed by atoms with Crippen molar-refractivity contribution in [1.82, 2.24) is 4.72 Å². The van der Waals surface area contributed by atoms with Crippen LogP contribution in [0.2, 0.25) is 0 Å². The summed E-state index contributed by atoms with van der Waals surface area (Å²) in [6, 6.07) is 6.62. The molecule has 8 heteroatoms. The number of hydrogen-bond donors (Lipinski definition) is 3. The number of primary amides is 2. The fourth-order valence-electron chi connectivity index (χ4n) is 1.60. The maximum atomic E-state index is 11.4. The normalized spacial score (nSPS) is 22.6. The summed E-state index contributed by atoms with van der Waals surface area (Å²) >= 11 is 13.2. The molecule has 0 bridgehead atoms. The standard InChI is InChI=1S/C11H9Cl2N3O2S/c12-8-7(19-16-11(8,13)10(15)18)5-3-1-2-4-6(5)9(14)17/h1-4,16H,(H2,14,17)(H2,15,18). The molecule has 2 amide bonds. The Kier molecular flexibility index (Phi) is 3.78. The van der Waals surface area contributed by atoms with Crippen molar-refractivity contribution >= 4 is 51.9 Å². The highest BCUT2D eigenvalue weighted by Crippen LogP contribution is 2.46. The molecule has 1 atom stereocenters. The van der Waals surface area contributed by atoms with E-state index < -0.39 is 16.8 Å². The van der Waals surface area contributed by atoms with E-state index in [1.54, 1.807) is 24.3 Å². The van der Waals surface area contributed by atoms with Crippen LogP contribution < -0.4 is 16.2 Å². The molecule has 0 saturated heterocycles. The van der Waals surface area contributed by atoms with Crippen LogP contribution in [0.3, 0.4) is 0 Å². The average Bonchev–Trinajstić information content (AvgIpc) is 2.67. The van der Waals surface area contributed by atoms with Gasteiger partial charge in [-0.2, -0.15) is 0 Å². The quantitative estimate of drug-likeness (QED) is 0.445. The molecule has 1 unspecified atom stereocenters. The zero-order valence-corrected chi connectivity index (χ0v) is 11.8. The topological polar surface area (TPSA) is 98.2 Å². The van der Waals surface area contributed by atoms with E-state index in [0.29, 0.717) is 10.5 Å². The Balaban J connectivity index is 2.58. The fraction of sp³-hybridized carbons (Fsp3) is 0.0909. The first-order chi connectivity index (χ1) is 8.88. The second-order valence-electron chi connectivity index (χ2n) is 3.78.